The molecule has 23 heavy (non-hydrogen) atoms. The van der Waals surface area contributed by atoms with Gasteiger partial charge in [-0.2, -0.15) is 0 Å². The average Bonchev–Trinajstić information content (AvgIpc) is 3.22. The molecule has 2 aromatic heterocycles. The SMILES string of the molecule is Cc1ccccc1-n1cnc2cc(NCc3ccco3)ccc21. The maximum absolute atomic E-state index is 5.34. The van der Waals surface area contributed by atoms with Crippen LogP contribution in [-0.2, 0) is 6.54 Å². The van der Waals surface area contributed by atoms with Crippen LogP contribution >= 0.6 is 0 Å². The summed E-state index contributed by atoms with van der Waals surface area (Å²) in [7, 11) is 0. The van der Waals surface area contributed by atoms with E-state index >= 15 is 0 Å². The number of aryl methyl sites for hydroxylation is 1. The predicted molar refractivity (Wildman–Crippen MR) is 91.8 cm³/mol. The van der Waals surface area contributed by atoms with Crippen LogP contribution in [0.4, 0.5) is 5.69 Å². The number of para-hydroxylation sites is 1. The Labute approximate surface area is 134 Å². The van der Waals surface area contributed by atoms with Gasteiger partial charge < -0.3 is 9.73 Å². The molecule has 0 bridgehead atoms. The van der Waals surface area contributed by atoms with Gasteiger partial charge >= 0.3 is 0 Å². The van der Waals surface area contributed by atoms with Gasteiger partial charge in [-0.3, -0.25) is 4.57 Å². The Balaban J connectivity index is 1.65. The van der Waals surface area contributed by atoms with Crippen molar-refractivity contribution in [2.24, 2.45) is 0 Å². The molecule has 0 unspecified atom stereocenters. The normalized spacial score (nSPS) is 11.0. The molecule has 0 spiro atoms. The van der Waals surface area contributed by atoms with Gasteiger partial charge in [0.25, 0.3) is 0 Å². The highest BCUT2D eigenvalue weighted by molar-refractivity contribution is 5.81. The second-order valence-corrected chi connectivity index (χ2v) is 5.54. The number of furan rings is 1. The van der Waals surface area contributed by atoms with Crippen LogP contribution < -0.4 is 5.32 Å². The number of fused-ring (bicyclic) bond motifs is 1. The Morgan fingerprint density at radius 1 is 1.09 bits per heavy atom. The Morgan fingerprint density at radius 2 is 2.00 bits per heavy atom. The first-order valence-electron chi connectivity index (χ1n) is 7.60. The molecule has 0 aliphatic heterocycles. The summed E-state index contributed by atoms with van der Waals surface area (Å²) in [5.41, 5.74) is 5.49. The van der Waals surface area contributed by atoms with Crippen molar-refractivity contribution in [2.75, 3.05) is 5.32 Å². The highest BCUT2D eigenvalue weighted by Gasteiger charge is 2.07. The maximum Gasteiger partial charge on any atom is 0.122 e. The summed E-state index contributed by atoms with van der Waals surface area (Å²) in [6, 6.07) is 18.4. The summed E-state index contributed by atoms with van der Waals surface area (Å²) in [5, 5.41) is 3.36. The third kappa shape index (κ3) is 2.59. The number of hydrogen-bond acceptors (Lipinski definition) is 3. The summed E-state index contributed by atoms with van der Waals surface area (Å²) in [6.45, 7) is 2.78. The van der Waals surface area contributed by atoms with E-state index in [0.717, 1.165) is 28.2 Å². The number of imidazole rings is 1. The molecule has 4 rings (SSSR count). The zero-order chi connectivity index (χ0) is 15.6. The Bertz CT molecular complexity index is 938. The van der Waals surface area contributed by atoms with Crippen LogP contribution in [0.3, 0.4) is 0 Å². The molecule has 4 aromatic rings. The van der Waals surface area contributed by atoms with E-state index in [2.05, 4.69) is 58.2 Å². The lowest BCUT2D eigenvalue weighted by Crippen LogP contribution is -1.98. The van der Waals surface area contributed by atoms with Gasteiger partial charge in [0.05, 0.1) is 29.5 Å². The van der Waals surface area contributed by atoms with Crippen LogP contribution in [0, 0.1) is 6.92 Å². The van der Waals surface area contributed by atoms with Crippen LogP contribution in [0.5, 0.6) is 0 Å². The fraction of sp³-hybridized carbons (Fsp3) is 0.105. The fourth-order valence-corrected chi connectivity index (χ4v) is 2.75. The molecule has 114 valence electrons. The molecule has 0 saturated heterocycles. The van der Waals surface area contributed by atoms with E-state index in [1.54, 1.807) is 6.26 Å². The molecule has 0 atom stereocenters. The Hall–Kier alpha value is -3.01. The molecule has 0 aliphatic carbocycles. The predicted octanol–water partition coefficient (Wildman–Crippen LogP) is 4.54. The number of hydrogen-bond donors (Lipinski definition) is 1. The van der Waals surface area contributed by atoms with E-state index in [4.69, 9.17) is 4.42 Å². The third-order valence-corrected chi connectivity index (χ3v) is 3.97. The van der Waals surface area contributed by atoms with Gasteiger partial charge in [-0.1, -0.05) is 18.2 Å². The number of rotatable bonds is 4. The fourth-order valence-electron chi connectivity index (χ4n) is 2.75. The molecule has 0 aliphatic rings. The van der Waals surface area contributed by atoms with Gasteiger partial charge in [0.15, 0.2) is 0 Å². The van der Waals surface area contributed by atoms with Gasteiger partial charge in [0, 0.05) is 5.69 Å². The molecule has 1 N–H and O–H groups in total. The zero-order valence-electron chi connectivity index (χ0n) is 12.9. The van der Waals surface area contributed by atoms with Crippen molar-refractivity contribution in [3.63, 3.8) is 0 Å². The van der Waals surface area contributed by atoms with Crippen molar-refractivity contribution in [1.82, 2.24) is 9.55 Å². The van der Waals surface area contributed by atoms with Gasteiger partial charge in [-0.05, 0) is 48.9 Å². The van der Waals surface area contributed by atoms with Crippen LogP contribution in [0.1, 0.15) is 11.3 Å². The first-order valence-corrected chi connectivity index (χ1v) is 7.60. The van der Waals surface area contributed by atoms with Gasteiger partial charge in [-0.15, -0.1) is 0 Å². The molecule has 0 radical (unpaired) electrons. The molecular weight excluding hydrogens is 286 g/mol. The Morgan fingerprint density at radius 3 is 2.83 bits per heavy atom. The topological polar surface area (TPSA) is 43.0 Å². The number of aromatic nitrogens is 2. The van der Waals surface area contributed by atoms with E-state index in [0.29, 0.717) is 6.54 Å². The van der Waals surface area contributed by atoms with E-state index in [-0.39, 0.29) is 0 Å². The average molecular weight is 303 g/mol. The molecule has 4 nitrogen and oxygen atoms in total. The lowest BCUT2D eigenvalue weighted by Gasteiger charge is -2.08. The van der Waals surface area contributed by atoms with Crippen molar-refractivity contribution >= 4 is 16.7 Å². The van der Waals surface area contributed by atoms with Crippen LogP contribution in [-0.4, -0.2) is 9.55 Å². The molecule has 0 fully saturated rings. The monoisotopic (exact) mass is 303 g/mol. The summed E-state index contributed by atoms with van der Waals surface area (Å²) in [6.07, 6.45) is 3.56. The third-order valence-electron chi connectivity index (χ3n) is 3.97. The first-order chi connectivity index (χ1) is 11.3. The molecule has 2 aromatic carbocycles. The van der Waals surface area contributed by atoms with Crippen LogP contribution in [0.2, 0.25) is 0 Å². The largest absolute Gasteiger partial charge is 0.467 e. The molecular formula is C19H17N3O. The molecule has 4 heteroatoms. The van der Waals surface area contributed by atoms with Crippen LogP contribution in [0.25, 0.3) is 16.7 Å². The van der Waals surface area contributed by atoms with Gasteiger partial charge in [-0.25, -0.2) is 4.98 Å². The van der Waals surface area contributed by atoms with Crippen LogP contribution in [0.15, 0.2) is 71.6 Å². The minimum absolute atomic E-state index is 0.664. The Kier molecular flexibility index (Phi) is 3.35. The molecule has 0 amide bonds. The lowest BCUT2D eigenvalue weighted by atomic mass is 10.2. The first kappa shape index (κ1) is 13.6. The van der Waals surface area contributed by atoms with Crippen molar-refractivity contribution in [3.8, 4) is 5.69 Å². The summed E-state index contributed by atoms with van der Waals surface area (Å²) in [4.78, 5) is 4.54. The van der Waals surface area contributed by atoms with Crippen molar-refractivity contribution in [3.05, 3.63) is 78.5 Å². The molecule has 2 heterocycles. The van der Waals surface area contributed by atoms with Gasteiger partial charge in [0.1, 0.15) is 12.1 Å². The van der Waals surface area contributed by atoms with Crippen molar-refractivity contribution in [1.29, 1.82) is 0 Å². The van der Waals surface area contributed by atoms with E-state index in [9.17, 15) is 0 Å². The second kappa shape index (κ2) is 5.65. The summed E-state index contributed by atoms with van der Waals surface area (Å²) >= 11 is 0. The highest BCUT2D eigenvalue weighted by Crippen LogP contribution is 2.23. The minimum Gasteiger partial charge on any atom is -0.467 e. The van der Waals surface area contributed by atoms with Crippen molar-refractivity contribution < 1.29 is 4.42 Å². The number of nitrogens with zero attached hydrogens (tertiary/aromatic N) is 2. The smallest absolute Gasteiger partial charge is 0.122 e. The number of nitrogens with one attached hydrogen (secondary N) is 1. The highest BCUT2D eigenvalue weighted by atomic mass is 16.3. The molecule has 0 saturated carbocycles. The number of benzene rings is 2. The maximum atomic E-state index is 5.34. The quantitative estimate of drug-likeness (QED) is 0.602. The van der Waals surface area contributed by atoms with E-state index in [1.165, 1.54) is 5.56 Å². The van der Waals surface area contributed by atoms with Gasteiger partial charge in [0.2, 0.25) is 0 Å². The van der Waals surface area contributed by atoms with Crippen molar-refractivity contribution in [2.45, 2.75) is 13.5 Å². The van der Waals surface area contributed by atoms with E-state index < -0.39 is 0 Å². The lowest BCUT2D eigenvalue weighted by molar-refractivity contribution is 0.518. The zero-order valence-corrected chi connectivity index (χ0v) is 12.9. The van der Waals surface area contributed by atoms with E-state index in [1.807, 2.05) is 24.5 Å². The summed E-state index contributed by atoms with van der Waals surface area (Å²) in [5.74, 6) is 0.913. The number of anilines is 1. The summed E-state index contributed by atoms with van der Waals surface area (Å²) < 4.78 is 7.46. The standard InChI is InChI=1S/C19H17N3O/c1-14-5-2-3-7-18(14)22-13-21-17-11-15(8-9-19(17)22)20-12-16-6-4-10-23-16/h2-11,13,20H,12H2,1H3. The minimum atomic E-state index is 0.664. The second-order valence-electron chi connectivity index (χ2n) is 5.54.